The molecule has 4 aromatic carbocycles. The molecule has 0 spiro atoms. The van der Waals surface area contributed by atoms with Crippen LogP contribution >= 0.6 is 0 Å². The van der Waals surface area contributed by atoms with Crippen molar-refractivity contribution in [1.29, 1.82) is 0 Å². The summed E-state index contributed by atoms with van der Waals surface area (Å²) >= 11 is 0. The van der Waals surface area contributed by atoms with Gasteiger partial charge in [-0.2, -0.15) is 0 Å². The van der Waals surface area contributed by atoms with E-state index in [4.69, 9.17) is 4.99 Å². The first-order chi connectivity index (χ1) is 13.1. The molecule has 0 amide bonds. The van der Waals surface area contributed by atoms with Crippen molar-refractivity contribution < 1.29 is 0 Å². The minimum atomic E-state index is 1.03. The van der Waals surface area contributed by atoms with Gasteiger partial charge in [-0.25, -0.2) is 0 Å². The number of benzene rings is 4. The van der Waals surface area contributed by atoms with Gasteiger partial charge < -0.3 is 0 Å². The van der Waals surface area contributed by atoms with E-state index >= 15 is 0 Å². The molecule has 132 valence electrons. The Morgan fingerprint density at radius 3 is 2.11 bits per heavy atom. The van der Waals surface area contributed by atoms with Crippen molar-refractivity contribution in [2.24, 2.45) is 4.99 Å². The maximum absolute atomic E-state index is 4.89. The summed E-state index contributed by atoms with van der Waals surface area (Å²) in [4.78, 5) is 4.89. The van der Waals surface area contributed by atoms with Crippen LogP contribution in [0.4, 0.5) is 5.69 Å². The third-order valence-electron chi connectivity index (χ3n) is 5.11. The molecule has 0 heterocycles. The molecular weight excluding hydrogens is 326 g/mol. The highest BCUT2D eigenvalue weighted by atomic mass is 14.7. The van der Waals surface area contributed by atoms with Crippen molar-refractivity contribution in [2.45, 2.75) is 20.8 Å². The van der Waals surface area contributed by atoms with E-state index in [1.54, 1.807) is 0 Å². The van der Waals surface area contributed by atoms with Gasteiger partial charge in [-0.1, -0.05) is 66.7 Å². The first kappa shape index (κ1) is 17.2. The summed E-state index contributed by atoms with van der Waals surface area (Å²) in [5.74, 6) is 0. The number of aliphatic imine (C=N–C) groups is 1. The van der Waals surface area contributed by atoms with Crippen LogP contribution in [0, 0.1) is 13.8 Å². The molecule has 0 aliphatic carbocycles. The monoisotopic (exact) mass is 349 g/mol. The van der Waals surface area contributed by atoms with Crippen molar-refractivity contribution in [3.8, 4) is 11.1 Å². The topological polar surface area (TPSA) is 12.4 Å². The molecule has 0 saturated carbocycles. The van der Waals surface area contributed by atoms with Crippen molar-refractivity contribution in [3.63, 3.8) is 0 Å². The van der Waals surface area contributed by atoms with E-state index in [-0.39, 0.29) is 0 Å². The lowest BCUT2D eigenvalue weighted by atomic mass is 9.96. The van der Waals surface area contributed by atoms with Crippen molar-refractivity contribution in [1.82, 2.24) is 0 Å². The van der Waals surface area contributed by atoms with Crippen LogP contribution in [0.2, 0.25) is 0 Å². The third kappa shape index (κ3) is 3.54. The Labute approximate surface area is 161 Å². The molecule has 0 radical (unpaired) electrons. The first-order valence-corrected chi connectivity index (χ1v) is 9.33. The standard InChI is InChI=1S/C26H23N/c1-18-12-13-24(23-15-14-21-9-5-6-10-22(21)16-23)17-25(18)20(3)27-26-11-7-4-8-19(26)2/h4-17H,1-3H3. The summed E-state index contributed by atoms with van der Waals surface area (Å²) in [5, 5.41) is 2.54. The van der Waals surface area contributed by atoms with Gasteiger partial charge in [0, 0.05) is 5.71 Å². The Hall–Kier alpha value is -3.19. The fourth-order valence-corrected chi connectivity index (χ4v) is 3.49. The van der Waals surface area contributed by atoms with Crippen LogP contribution < -0.4 is 0 Å². The Balaban J connectivity index is 1.77. The van der Waals surface area contributed by atoms with E-state index in [0.717, 1.165) is 11.4 Å². The molecule has 0 saturated heterocycles. The predicted octanol–water partition coefficient (Wildman–Crippen LogP) is 7.26. The van der Waals surface area contributed by atoms with Gasteiger partial charge in [0.2, 0.25) is 0 Å². The molecule has 0 fully saturated rings. The quantitative estimate of drug-likeness (QED) is 0.345. The minimum absolute atomic E-state index is 1.03. The highest BCUT2D eigenvalue weighted by Crippen LogP contribution is 2.27. The molecule has 4 aromatic rings. The molecule has 0 aromatic heterocycles. The Morgan fingerprint density at radius 1 is 0.630 bits per heavy atom. The van der Waals surface area contributed by atoms with E-state index in [9.17, 15) is 0 Å². The molecule has 0 unspecified atom stereocenters. The molecule has 0 aliphatic rings. The van der Waals surface area contributed by atoms with E-state index in [0.29, 0.717) is 0 Å². The zero-order valence-electron chi connectivity index (χ0n) is 16.0. The smallest absolute Gasteiger partial charge is 0.0662 e. The molecule has 0 bridgehead atoms. The second kappa shape index (κ2) is 7.20. The first-order valence-electron chi connectivity index (χ1n) is 9.33. The second-order valence-corrected chi connectivity index (χ2v) is 7.08. The normalized spacial score (nSPS) is 11.7. The highest BCUT2D eigenvalue weighted by Gasteiger charge is 2.07. The highest BCUT2D eigenvalue weighted by molar-refractivity contribution is 6.02. The van der Waals surface area contributed by atoms with Gasteiger partial charge in [-0.3, -0.25) is 4.99 Å². The Bertz CT molecular complexity index is 1150. The maximum Gasteiger partial charge on any atom is 0.0662 e. The maximum atomic E-state index is 4.89. The van der Waals surface area contributed by atoms with E-state index < -0.39 is 0 Å². The van der Waals surface area contributed by atoms with E-state index in [1.807, 2.05) is 6.07 Å². The lowest BCUT2D eigenvalue weighted by molar-refractivity contribution is 1.36. The largest absolute Gasteiger partial charge is 0.253 e. The number of nitrogens with zero attached hydrogens (tertiary/aromatic N) is 1. The zero-order valence-corrected chi connectivity index (χ0v) is 16.0. The number of hydrogen-bond acceptors (Lipinski definition) is 1. The van der Waals surface area contributed by atoms with Crippen LogP contribution in [0.3, 0.4) is 0 Å². The molecule has 27 heavy (non-hydrogen) atoms. The fraction of sp³-hybridized carbons (Fsp3) is 0.115. The van der Waals surface area contributed by atoms with Crippen LogP contribution in [0.1, 0.15) is 23.6 Å². The summed E-state index contributed by atoms with van der Waals surface area (Å²) in [6.07, 6.45) is 0. The molecular formula is C26H23N. The van der Waals surface area contributed by atoms with Gasteiger partial charge in [-0.15, -0.1) is 0 Å². The number of rotatable bonds is 3. The molecule has 1 heteroatoms. The van der Waals surface area contributed by atoms with Gasteiger partial charge in [0.05, 0.1) is 5.69 Å². The number of fused-ring (bicyclic) bond motifs is 1. The molecule has 0 atom stereocenters. The van der Waals surface area contributed by atoms with Crippen LogP contribution in [0.25, 0.3) is 21.9 Å². The third-order valence-corrected chi connectivity index (χ3v) is 5.11. The average Bonchev–Trinajstić information content (AvgIpc) is 2.69. The summed E-state index contributed by atoms with van der Waals surface area (Å²) in [5.41, 5.74) is 8.17. The number of aryl methyl sites for hydroxylation is 2. The number of hydrogen-bond donors (Lipinski definition) is 0. The van der Waals surface area contributed by atoms with E-state index in [1.165, 1.54) is 38.6 Å². The lowest BCUT2D eigenvalue weighted by Crippen LogP contribution is -1.98. The van der Waals surface area contributed by atoms with Gasteiger partial charge in [-0.05, 0) is 77.6 Å². The molecule has 0 N–H and O–H groups in total. The van der Waals surface area contributed by atoms with Crippen LogP contribution in [-0.2, 0) is 0 Å². The fourth-order valence-electron chi connectivity index (χ4n) is 3.49. The van der Waals surface area contributed by atoms with Crippen LogP contribution in [-0.4, -0.2) is 5.71 Å². The van der Waals surface area contributed by atoms with Crippen molar-refractivity contribution in [3.05, 3.63) is 102 Å². The number of para-hydroxylation sites is 1. The Morgan fingerprint density at radius 2 is 1.30 bits per heavy atom. The van der Waals surface area contributed by atoms with E-state index in [2.05, 4.69) is 99.6 Å². The molecule has 0 aliphatic heterocycles. The van der Waals surface area contributed by atoms with Gasteiger partial charge in [0.15, 0.2) is 0 Å². The van der Waals surface area contributed by atoms with Crippen LogP contribution in [0.15, 0.2) is 89.9 Å². The van der Waals surface area contributed by atoms with Gasteiger partial charge in [0.25, 0.3) is 0 Å². The summed E-state index contributed by atoms with van der Waals surface area (Å²) in [7, 11) is 0. The van der Waals surface area contributed by atoms with Gasteiger partial charge >= 0.3 is 0 Å². The predicted molar refractivity (Wildman–Crippen MR) is 117 cm³/mol. The molecule has 4 rings (SSSR count). The van der Waals surface area contributed by atoms with Crippen molar-refractivity contribution >= 4 is 22.2 Å². The van der Waals surface area contributed by atoms with Crippen LogP contribution in [0.5, 0.6) is 0 Å². The zero-order chi connectivity index (χ0) is 18.8. The summed E-state index contributed by atoms with van der Waals surface area (Å²) in [6, 6.07) is 30.1. The molecule has 1 nitrogen and oxygen atoms in total. The Kier molecular flexibility index (Phi) is 4.60. The van der Waals surface area contributed by atoms with Crippen molar-refractivity contribution in [2.75, 3.05) is 0 Å². The second-order valence-electron chi connectivity index (χ2n) is 7.08. The van der Waals surface area contributed by atoms with Gasteiger partial charge in [0.1, 0.15) is 0 Å². The minimum Gasteiger partial charge on any atom is -0.253 e. The SMILES string of the molecule is CC(=Nc1ccccc1C)c1cc(-c2ccc3ccccc3c2)ccc1C. The summed E-state index contributed by atoms with van der Waals surface area (Å²) in [6.45, 7) is 6.35. The summed E-state index contributed by atoms with van der Waals surface area (Å²) < 4.78 is 0. The average molecular weight is 349 g/mol. The lowest BCUT2D eigenvalue weighted by Gasteiger charge is -2.11.